The van der Waals surface area contributed by atoms with Gasteiger partial charge in [-0.2, -0.15) is 0 Å². The number of rotatable bonds is 5. The zero-order chi connectivity index (χ0) is 45.9. The number of hydrogen-bond donors (Lipinski definition) is 1. The van der Waals surface area contributed by atoms with E-state index in [4.69, 9.17) is 9.97 Å². The third-order valence-electron chi connectivity index (χ3n) is 13.6. The Morgan fingerprint density at radius 1 is 0.552 bits per heavy atom. The van der Waals surface area contributed by atoms with Crippen LogP contribution >= 0.6 is 0 Å². The summed E-state index contributed by atoms with van der Waals surface area (Å²) in [7, 11) is 0. The molecule has 334 valence electrons. The molecular formula is C60H54BN4OPt-. The maximum Gasteiger partial charge on any atom is 0.330 e. The van der Waals surface area contributed by atoms with Gasteiger partial charge in [-0.25, -0.2) is 4.98 Å². The maximum atomic E-state index is 12.7. The summed E-state index contributed by atoms with van der Waals surface area (Å²) in [5, 5.41) is 15.1. The van der Waals surface area contributed by atoms with Gasteiger partial charge in [0.1, 0.15) is 11.6 Å². The van der Waals surface area contributed by atoms with Crippen LogP contribution in [0.15, 0.2) is 158 Å². The molecule has 0 amide bonds. The van der Waals surface area contributed by atoms with Gasteiger partial charge in [-0.05, 0) is 68.4 Å². The summed E-state index contributed by atoms with van der Waals surface area (Å²) < 4.78 is 4.90. The second-order valence-corrected chi connectivity index (χ2v) is 21.2. The molecule has 7 heteroatoms. The van der Waals surface area contributed by atoms with Crippen molar-refractivity contribution < 1.29 is 26.2 Å². The van der Waals surface area contributed by atoms with Crippen LogP contribution in [0.25, 0.3) is 83.6 Å². The Morgan fingerprint density at radius 3 is 1.93 bits per heavy atom. The van der Waals surface area contributed by atoms with Gasteiger partial charge in [-0.1, -0.05) is 183 Å². The second kappa shape index (κ2) is 16.1. The monoisotopic (exact) mass is 1050 g/mol. The molecule has 0 radical (unpaired) electrons. The number of hydrogen-bond acceptors (Lipinski definition) is 3. The van der Waals surface area contributed by atoms with E-state index in [-0.39, 0.29) is 49.9 Å². The van der Waals surface area contributed by atoms with Crippen LogP contribution in [0.1, 0.15) is 79.0 Å². The van der Waals surface area contributed by atoms with Crippen LogP contribution in [0.2, 0.25) is 0 Å². The molecule has 0 bridgehead atoms. The average Bonchev–Trinajstić information content (AvgIpc) is 3.82. The molecule has 10 aromatic rings. The van der Waals surface area contributed by atoms with E-state index >= 15 is 0 Å². The van der Waals surface area contributed by atoms with Gasteiger partial charge in [0, 0.05) is 48.5 Å². The van der Waals surface area contributed by atoms with Gasteiger partial charge in [0.15, 0.2) is 0 Å². The van der Waals surface area contributed by atoms with Crippen molar-refractivity contribution >= 4 is 50.6 Å². The van der Waals surface area contributed by atoms with E-state index in [9.17, 15) is 5.11 Å². The topological polar surface area (TPSA) is 55.9 Å². The molecule has 1 aliphatic heterocycles. The van der Waals surface area contributed by atoms with Crippen molar-refractivity contribution in [2.45, 2.75) is 78.6 Å². The fraction of sp³-hybridized carbons (Fsp3) is 0.200. The summed E-state index contributed by atoms with van der Waals surface area (Å²) in [5.41, 5.74) is 16.4. The zero-order valence-electron chi connectivity index (χ0n) is 39.6. The third kappa shape index (κ3) is 7.36. The van der Waals surface area contributed by atoms with E-state index in [1.54, 1.807) is 0 Å². The van der Waals surface area contributed by atoms with Crippen LogP contribution in [0.5, 0.6) is 5.75 Å². The second-order valence-electron chi connectivity index (χ2n) is 21.2. The standard InChI is InChI=1S/C60H54BN4O.Pt/c1-58(2,3)40-33-46(56(66)47(34-40)60(7,8)9)57-63-53-45(50-36-41(59(4,5)6)35-49(62-50)39-23-18-22-38(32-39)37-20-12-10-13-21-37)30-31-48-55(53)64(57)52-29-19-27-44-43-26-16-17-28-51(43)65(54(44)52)61(48)42-24-14-11-15-25-42;/h10-22,24-36,66H,1-9H3;/q-1;. The molecule has 7 aromatic carbocycles. The quantitative estimate of drug-likeness (QED) is 0.138. The van der Waals surface area contributed by atoms with Crippen LogP contribution < -0.4 is 10.9 Å². The first-order chi connectivity index (χ1) is 31.6. The van der Waals surface area contributed by atoms with Crippen LogP contribution in [0, 0.1) is 6.07 Å². The summed E-state index contributed by atoms with van der Waals surface area (Å²) in [6.45, 7) is 19.8. The Bertz CT molecular complexity index is 3550. The molecule has 0 saturated carbocycles. The molecule has 0 aliphatic carbocycles. The van der Waals surface area contributed by atoms with Crippen LogP contribution in [-0.2, 0) is 37.3 Å². The maximum absolute atomic E-state index is 12.7. The number of pyridine rings is 1. The van der Waals surface area contributed by atoms with Gasteiger partial charge < -0.3 is 9.58 Å². The fourth-order valence-corrected chi connectivity index (χ4v) is 10.1. The van der Waals surface area contributed by atoms with Crippen molar-refractivity contribution in [3.8, 4) is 56.5 Å². The average molecular weight is 1050 g/mol. The van der Waals surface area contributed by atoms with Crippen LogP contribution in [-0.4, -0.2) is 31.0 Å². The largest absolute Gasteiger partial charge is 0.507 e. The first-order valence-electron chi connectivity index (χ1n) is 23.2. The number of fused-ring (bicyclic) bond motifs is 4. The van der Waals surface area contributed by atoms with Crippen molar-refractivity contribution in [2.24, 2.45) is 0 Å². The summed E-state index contributed by atoms with van der Waals surface area (Å²) in [4.78, 5) is 11.4. The predicted molar refractivity (Wildman–Crippen MR) is 277 cm³/mol. The number of nitrogens with zero attached hydrogens (tertiary/aromatic N) is 4. The molecule has 0 atom stereocenters. The molecule has 0 saturated heterocycles. The minimum absolute atomic E-state index is 0. The van der Waals surface area contributed by atoms with Crippen molar-refractivity contribution in [3.05, 3.63) is 180 Å². The van der Waals surface area contributed by atoms with E-state index in [0.29, 0.717) is 11.4 Å². The van der Waals surface area contributed by atoms with E-state index in [1.807, 2.05) is 12.1 Å². The van der Waals surface area contributed by atoms with Crippen LogP contribution in [0.3, 0.4) is 0 Å². The first-order valence-corrected chi connectivity index (χ1v) is 23.2. The molecule has 11 rings (SSSR count). The minimum Gasteiger partial charge on any atom is -0.507 e. The number of phenols is 1. The predicted octanol–water partition coefficient (Wildman–Crippen LogP) is 13.6. The van der Waals surface area contributed by atoms with Crippen LogP contribution in [0.4, 0.5) is 0 Å². The van der Waals surface area contributed by atoms with Gasteiger partial charge in [-0.3, -0.25) is 9.55 Å². The van der Waals surface area contributed by atoms with Crippen molar-refractivity contribution in [3.63, 3.8) is 0 Å². The normalized spacial score (nSPS) is 12.8. The van der Waals surface area contributed by atoms with Crippen molar-refractivity contribution in [1.29, 1.82) is 0 Å². The summed E-state index contributed by atoms with van der Waals surface area (Å²) >= 11 is 0. The molecule has 4 heterocycles. The third-order valence-corrected chi connectivity index (χ3v) is 13.6. The Morgan fingerprint density at radius 2 is 1.21 bits per heavy atom. The Labute approximate surface area is 408 Å². The number of para-hydroxylation sites is 2. The molecule has 0 spiro atoms. The summed E-state index contributed by atoms with van der Waals surface area (Å²) in [6.07, 6.45) is 0. The fourth-order valence-electron chi connectivity index (χ4n) is 10.1. The van der Waals surface area contributed by atoms with E-state index < -0.39 is 0 Å². The van der Waals surface area contributed by atoms with E-state index in [1.165, 1.54) is 21.8 Å². The van der Waals surface area contributed by atoms with Gasteiger partial charge in [-0.15, -0.1) is 35.4 Å². The summed E-state index contributed by atoms with van der Waals surface area (Å²) in [5.74, 6) is 0.952. The number of benzene rings is 7. The number of aromatic nitrogens is 4. The molecule has 0 fully saturated rings. The van der Waals surface area contributed by atoms with Gasteiger partial charge in [0.05, 0.1) is 33.5 Å². The molecule has 67 heavy (non-hydrogen) atoms. The Kier molecular flexibility index (Phi) is 10.7. The first kappa shape index (κ1) is 44.4. The SMILES string of the molecule is CC(C)(C)c1cc(-c2[c-]ccc(-c3ccccc3)c2)nc(-c2ccc3c4c2nc(-c2cc(C(C)(C)C)cc(C(C)(C)C)c2O)n4-c2cccc4c5ccccc5n(c24)B3c2ccccc2)c1.[Pt]. The molecule has 1 N–H and O–H groups in total. The number of aromatic hydroxyl groups is 1. The summed E-state index contributed by atoms with van der Waals surface area (Å²) in [6, 6.07) is 60.0. The number of phenolic OH excluding ortho intramolecular Hbond substituents is 1. The Hall–Kier alpha value is -6.49. The molecule has 5 nitrogen and oxygen atoms in total. The van der Waals surface area contributed by atoms with Gasteiger partial charge in [0.25, 0.3) is 0 Å². The van der Waals surface area contributed by atoms with E-state index in [0.717, 1.165) is 78.0 Å². The number of imidazole rings is 1. The van der Waals surface area contributed by atoms with Crippen molar-refractivity contribution in [1.82, 2.24) is 19.0 Å². The molecule has 0 unspecified atom stereocenters. The van der Waals surface area contributed by atoms with Gasteiger partial charge >= 0.3 is 6.85 Å². The molecule has 3 aromatic heterocycles. The van der Waals surface area contributed by atoms with Gasteiger partial charge in [0.2, 0.25) is 0 Å². The Balaban J connectivity index is 0.00000525. The minimum atomic E-state index is -0.339. The molecule has 1 aliphatic rings. The smallest absolute Gasteiger partial charge is 0.330 e. The van der Waals surface area contributed by atoms with Crippen molar-refractivity contribution in [2.75, 3.05) is 0 Å². The van der Waals surface area contributed by atoms with E-state index in [2.05, 4.69) is 223 Å². The zero-order valence-corrected chi connectivity index (χ0v) is 41.9. The molecular weight excluding hydrogens is 999 g/mol.